The highest BCUT2D eigenvalue weighted by Crippen LogP contribution is 2.22. The third kappa shape index (κ3) is 5.54. The van der Waals surface area contributed by atoms with Crippen molar-refractivity contribution in [1.29, 1.82) is 0 Å². The van der Waals surface area contributed by atoms with Crippen LogP contribution in [0.3, 0.4) is 0 Å². The molecule has 0 aliphatic heterocycles. The first kappa shape index (κ1) is 16.6. The zero-order chi connectivity index (χ0) is 15.6. The Morgan fingerprint density at radius 1 is 1.00 bits per heavy atom. The van der Waals surface area contributed by atoms with Gasteiger partial charge in [-0.15, -0.1) is 11.8 Å². The number of amides is 1. The summed E-state index contributed by atoms with van der Waals surface area (Å²) in [4.78, 5) is 13.1. The average molecular weight is 314 g/mol. The van der Waals surface area contributed by atoms with E-state index in [2.05, 4.69) is 34.9 Å². The summed E-state index contributed by atoms with van der Waals surface area (Å²) in [5, 5.41) is 5.99. The van der Waals surface area contributed by atoms with Crippen LogP contribution < -0.4 is 10.6 Å². The molecule has 0 bridgehead atoms. The van der Waals surface area contributed by atoms with Crippen LogP contribution in [0.2, 0.25) is 0 Å². The number of thioether (sulfide) groups is 1. The molecular formula is C18H22N2OS. The van der Waals surface area contributed by atoms with Crippen molar-refractivity contribution >= 4 is 17.7 Å². The van der Waals surface area contributed by atoms with E-state index in [1.807, 2.05) is 37.4 Å². The van der Waals surface area contributed by atoms with Crippen molar-refractivity contribution in [2.75, 3.05) is 20.1 Å². The van der Waals surface area contributed by atoms with Gasteiger partial charge >= 0.3 is 0 Å². The van der Waals surface area contributed by atoms with Gasteiger partial charge in [0.15, 0.2) is 0 Å². The van der Waals surface area contributed by atoms with Gasteiger partial charge in [-0.1, -0.05) is 30.3 Å². The fourth-order valence-electron chi connectivity index (χ4n) is 2.01. The predicted molar refractivity (Wildman–Crippen MR) is 93.3 cm³/mol. The molecule has 3 nitrogen and oxygen atoms in total. The molecule has 2 N–H and O–H groups in total. The van der Waals surface area contributed by atoms with E-state index < -0.39 is 0 Å². The van der Waals surface area contributed by atoms with Crippen molar-refractivity contribution in [1.82, 2.24) is 10.6 Å². The lowest BCUT2D eigenvalue weighted by atomic mass is 10.2. The first-order valence-electron chi connectivity index (χ1n) is 7.49. The summed E-state index contributed by atoms with van der Waals surface area (Å²) in [6.07, 6.45) is 0.938. The number of rotatable bonds is 8. The van der Waals surface area contributed by atoms with Crippen molar-refractivity contribution in [3.63, 3.8) is 0 Å². The fraction of sp³-hybridized carbons (Fsp3) is 0.278. The first-order chi connectivity index (χ1) is 10.8. The lowest BCUT2D eigenvalue weighted by Gasteiger charge is -2.06. The van der Waals surface area contributed by atoms with Crippen LogP contribution in [-0.4, -0.2) is 26.0 Å². The molecule has 0 fully saturated rings. The van der Waals surface area contributed by atoms with Crippen LogP contribution in [0, 0.1) is 0 Å². The zero-order valence-electron chi connectivity index (χ0n) is 12.8. The van der Waals surface area contributed by atoms with Gasteiger partial charge in [-0.3, -0.25) is 4.79 Å². The van der Waals surface area contributed by atoms with Gasteiger partial charge in [-0.05, 0) is 49.8 Å². The molecule has 0 spiro atoms. The second-order valence-electron chi connectivity index (χ2n) is 5.01. The Labute approximate surface area is 136 Å². The van der Waals surface area contributed by atoms with E-state index in [4.69, 9.17) is 0 Å². The van der Waals surface area contributed by atoms with Gasteiger partial charge in [0.25, 0.3) is 5.91 Å². The summed E-state index contributed by atoms with van der Waals surface area (Å²) in [6, 6.07) is 18.2. The van der Waals surface area contributed by atoms with Gasteiger partial charge in [-0.25, -0.2) is 0 Å². The molecule has 0 saturated heterocycles. The van der Waals surface area contributed by atoms with Crippen LogP contribution in [-0.2, 0) is 5.75 Å². The third-order valence-electron chi connectivity index (χ3n) is 3.25. The highest BCUT2D eigenvalue weighted by atomic mass is 32.2. The molecule has 0 aromatic heterocycles. The molecule has 2 aromatic rings. The number of nitrogens with one attached hydrogen (secondary N) is 2. The molecule has 1 amide bonds. The summed E-state index contributed by atoms with van der Waals surface area (Å²) in [7, 11) is 1.91. The monoisotopic (exact) mass is 314 g/mol. The highest BCUT2D eigenvalue weighted by molar-refractivity contribution is 7.98. The molecule has 0 unspecified atom stereocenters. The van der Waals surface area contributed by atoms with Crippen LogP contribution in [0.5, 0.6) is 0 Å². The molecule has 22 heavy (non-hydrogen) atoms. The van der Waals surface area contributed by atoms with Crippen LogP contribution >= 0.6 is 11.8 Å². The number of carbonyl (C=O) groups is 1. The number of carbonyl (C=O) groups excluding carboxylic acids is 1. The smallest absolute Gasteiger partial charge is 0.251 e. The van der Waals surface area contributed by atoms with E-state index in [1.54, 1.807) is 11.8 Å². The molecule has 4 heteroatoms. The standard InChI is InChI=1S/C18H22N2OS/c1-19-12-5-13-20-18(21)16-8-10-17(11-9-16)22-14-15-6-3-2-4-7-15/h2-4,6-11,19H,5,12-14H2,1H3,(H,20,21). The maximum atomic E-state index is 12.0. The van der Waals surface area contributed by atoms with Crippen molar-refractivity contribution in [3.8, 4) is 0 Å². The van der Waals surface area contributed by atoms with Crippen LogP contribution in [0.15, 0.2) is 59.5 Å². The molecule has 2 rings (SSSR count). The van der Waals surface area contributed by atoms with Crippen LogP contribution in [0.25, 0.3) is 0 Å². The van der Waals surface area contributed by atoms with Crippen molar-refractivity contribution in [3.05, 3.63) is 65.7 Å². The van der Waals surface area contributed by atoms with Crippen LogP contribution in [0.1, 0.15) is 22.3 Å². The molecule has 0 aliphatic rings. The number of hydrogen-bond acceptors (Lipinski definition) is 3. The summed E-state index contributed by atoms with van der Waals surface area (Å²) < 4.78 is 0. The molecule has 0 saturated carbocycles. The quantitative estimate of drug-likeness (QED) is 0.580. The Hall–Kier alpha value is -1.78. The summed E-state index contributed by atoms with van der Waals surface area (Å²) >= 11 is 1.78. The minimum Gasteiger partial charge on any atom is -0.352 e. The molecular weight excluding hydrogens is 292 g/mol. The molecule has 2 aromatic carbocycles. The second kappa shape index (κ2) is 9.28. The van der Waals surface area contributed by atoms with E-state index in [9.17, 15) is 4.79 Å². The highest BCUT2D eigenvalue weighted by Gasteiger charge is 2.04. The maximum absolute atomic E-state index is 12.0. The number of hydrogen-bond donors (Lipinski definition) is 2. The van der Waals surface area contributed by atoms with Gasteiger partial charge in [0.2, 0.25) is 0 Å². The molecule has 0 radical (unpaired) electrons. The zero-order valence-corrected chi connectivity index (χ0v) is 13.7. The molecule has 0 aliphatic carbocycles. The van der Waals surface area contributed by atoms with E-state index in [1.165, 1.54) is 10.5 Å². The Kier molecular flexibility index (Phi) is 7.00. The van der Waals surface area contributed by atoms with E-state index in [-0.39, 0.29) is 5.91 Å². The topological polar surface area (TPSA) is 41.1 Å². The van der Waals surface area contributed by atoms with E-state index >= 15 is 0 Å². The SMILES string of the molecule is CNCCCNC(=O)c1ccc(SCc2ccccc2)cc1. The average Bonchev–Trinajstić information content (AvgIpc) is 2.58. The second-order valence-corrected chi connectivity index (χ2v) is 6.06. The molecule has 116 valence electrons. The van der Waals surface area contributed by atoms with Crippen molar-refractivity contribution in [2.24, 2.45) is 0 Å². The minimum atomic E-state index is -0.00397. The van der Waals surface area contributed by atoms with Gasteiger partial charge < -0.3 is 10.6 Å². The predicted octanol–water partition coefficient (Wildman–Crippen LogP) is 3.32. The lowest BCUT2D eigenvalue weighted by molar-refractivity contribution is 0.0953. The van der Waals surface area contributed by atoms with E-state index in [0.717, 1.165) is 18.7 Å². The normalized spacial score (nSPS) is 10.4. The Balaban J connectivity index is 1.81. The van der Waals surface area contributed by atoms with Crippen molar-refractivity contribution < 1.29 is 4.79 Å². The van der Waals surface area contributed by atoms with Gasteiger partial charge in [-0.2, -0.15) is 0 Å². The maximum Gasteiger partial charge on any atom is 0.251 e. The van der Waals surface area contributed by atoms with E-state index in [0.29, 0.717) is 12.1 Å². The minimum absolute atomic E-state index is 0.00397. The van der Waals surface area contributed by atoms with Crippen molar-refractivity contribution in [2.45, 2.75) is 17.1 Å². The van der Waals surface area contributed by atoms with Gasteiger partial charge in [0, 0.05) is 22.8 Å². The third-order valence-corrected chi connectivity index (χ3v) is 4.34. The summed E-state index contributed by atoms with van der Waals surface area (Å²) in [6.45, 7) is 1.61. The number of benzene rings is 2. The molecule has 0 heterocycles. The summed E-state index contributed by atoms with van der Waals surface area (Å²) in [5.74, 6) is 0.937. The van der Waals surface area contributed by atoms with Gasteiger partial charge in [0.05, 0.1) is 0 Å². The fourth-order valence-corrected chi connectivity index (χ4v) is 2.87. The first-order valence-corrected chi connectivity index (χ1v) is 8.48. The Morgan fingerprint density at radius 3 is 2.41 bits per heavy atom. The summed E-state index contributed by atoms with van der Waals surface area (Å²) in [5.41, 5.74) is 2.02. The van der Waals surface area contributed by atoms with Gasteiger partial charge in [0.1, 0.15) is 0 Å². The van der Waals surface area contributed by atoms with Crippen LogP contribution in [0.4, 0.5) is 0 Å². The lowest BCUT2D eigenvalue weighted by Crippen LogP contribution is -2.26. The Morgan fingerprint density at radius 2 is 1.73 bits per heavy atom. The largest absolute Gasteiger partial charge is 0.352 e. The molecule has 0 atom stereocenters. The Bertz CT molecular complexity index is 569.